The monoisotopic (exact) mass is 290 g/mol. The topological polar surface area (TPSA) is 43.4 Å². The summed E-state index contributed by atoms with van der Waals surface area (Å²) in [5.41, 5.74) is 2.08. The third-order valence-electron chi connectivity index (χ3n) is 2.53. The molecule has 0 aliphatic heterocycles. The molecule has 102 valence electrons. The van der Waals surface area contributed by atoms with Gasteiger partial charge < -0.3 is 4.74 Å². The molecular weight excluding hydrogens is 272 g/mol. The van der Waals surface area contributed by atoms with E-state index < -0.39 is 9.05 Å². The van der Waals surface area contributed by atoms with Gasteiger partial charge in [-0.15, -0.1) is 0 Å². The highest BCUT2D eigenvalue weighted by Crippen LogP contribution is 2.32. The minimum atomic E-state index is -3.51. The van der Waals surface area contributed by atoms with Gasteiger partial charge in [0, 0.05) is 10.7 Å². The van der Waals surface area contributed by atoms with Crippen molar-refractivity contribution in [2.24, 2.45) is 0 Å². The van der Waals surface area contributed by atoms with Crippen molar-refractivity contribution in [2.75, 3.05) is 12.4 Å². The Kier molecular flexibility index (Phi) is 4.67. The molecule has 1 aromatic carbocycles. The normalized spacial score (nSPS) is 12.5. The molecule has 0 spiro atoms. The van der Waals surface area contributed by atoms with Crippen LogP contribution in [0.15, 0.2) is 18.2 Å². The Hall–Kier alpha value is -0.740. The van der Waals surface area contributed by atoms with Gasteiger partial charge >= 0.3 is 0 Å². The summed E-state index contributed by atoms with van der Waals surface area (Å²) in [5, 5.41) is 0. The van der Waals surface area contributed by atoms with Crippen molar-refractivity contribution >= 4 is 19.7 Å². The van der Waals surface area contributed by atoms with Gasteiger partial charge in [-0.05, 0) is 29.5 Å². The average molecular weight is 291 g/mol. The molecule has 0 aliphatic rings. The van der Waals surface area contributed by atoms with Gasteiger partial charge in [-0.3, -0.25) is 0 Å². The van der Waals surface area contributed by atoms with Gasteiger partial charge in [-0.1, -0.05) is 32.9 Å². The lowest BCUT2D eigenvalue weighted by atomic mass is 9.86. The van der Waals surface area contributed by atoms with Crippen molar-refractivity contribution in [1.29, 1.82) is 0 Å². The van der Waals surface area contributed by atoms with Crippen LogP contribution in [0.4, 0.5) is 0 Å². The smallest absolute Gasteiger partial charge is 0.235 e. The van der Waals surface area contributed by atoms with Crippen LogP contribution in [0.5, 0.6) is 5.75 Å². The summed E-state index contributed by atoms with van der Waals surface area (Å²) in [6, 6.07) is 5.95. The summed E-state index contributed by atoms with van der Waals surface area (Å²) in [6.45, 7) is 8.30. The predicted octanol–water partition coefficient (Wildman–Crippen LogP) is 3.24. The summed E-state index contributed by atoms with van der Waals surface area (Å²) in [6.07, 6.45) is 0. The van der Waals surface area contributed by atoms with Gasteiger partial charge in [0.05, 0.1) is 5.75 Å². The van der Waals surface area contributed by atoms with Crippen LogP contribution in [0, 0.1) is 6.92 Å². The molecule has 0 amide bonds. The van der Waals surface area contributed by atoms with Crippen LogP contribution in [0.3, 0.4) is 0 Å². The molecule has 0 heterocycles. The van der Waals surface area contributed by atoms with Crippen molar-refractivity contribution in [3.63, 3.8) is 0 Å². The Morgan fingerprint density at radius 3 is 2.39 bits per heavy atom. The van der Waals surface area contributed by atoms with Gasteiger partial charge in [0.15, 0.2) is 0 Å². The van der Waals surface area contributed by atoms with Crippen LogP contribution in [0.1, 0.15) is 31.9 Å². The first-order valence-corrected chi connectivity index (χ1v) is 8.24. The molecule has 18 heavy (non-hydrogen) atoms. The number of hydrogen-bond donors (Lipinski definition) is 0. The largest absolute Gasteiger partial charge is 0.492 e. The predicted molar refractivity (Wildman–Crippen MR) is 75.0 cm³/mol. The maximum atomic E-state index is 10.9. The van der Waals surface area contributed by atoms with Gasteiger partial charge in [0.25, 0.3) is 0 Å². The van der Waals surface area contributed by atoms with E-state index in [1.807, 2.05) is 25.1 Å². The number of benzene rings is 1. The van der Waals surface area contributed by atoms with Crippen molar-refractivity contribution in [3.8, 4) is 5.75 Å². The molecule has 0 unspecified atom stereocenters. The van der Waals surface area contributed by atoms with E-state index in [4.69, 9.17) is 15.4 Å². The van der Waals surface area contributed by atoms with Crippen molar-refractivity contribution in [3.05, 3.63) is 29.3 Å². The van der Waals surface area contributed by atoms with E-state index in [0.717, 1.165) is 16.9 Å². The fourth-order valence-corrected chi connectivity index (χ4v) is 2.09. The molecule has 0 bridgehead atoms. The Morgan fingerprint density at radius 2 is 1.89 bits per heavy atom. The Labute approximate surface area is 114 Å². The van der Waals surface area contributed by atoms with Crippen LogP contribution < -0.4 is 4.74 Å². The Balaban J connectivity index is 2.90. The number of aryl methyl sites for hydroxylation is 1. The van der Waals surface area contributed by atoms with Gasteiger partial charge in [-0.2, -0.15) is 0 Å². The van der Waals surface area contributed by atoms with Crippen molar-refractivity contribution in [1.82, 2.24) is 0 Å². The van der Waals surface area contributed by atoms with Gasteiger partial charge in [0.1, 0.15) is 12.4 Å². The number of hydrogen-bond acceptors (Lipinski definition) is 3. The third-order valence-corrected chi connectivity index (χ3v) is 3.65. The molecule has 0 fully saturated rings. The first-order chi connectivity index (χ1) is 8.09. The van der Waals surface area contributed by atoms with Crippen LogP contribution in [0.2, 0.25) is 0 Å². The lowest BCUT2D eigenvalue weighted by Crippen LogP contribution is -2.16. The van der Waals surface area contributed by atoms with Crippen LogP contribution >= 0.6 is 10.7 Å². The van der Waals surface area contributed by atoms with E-state index in [-0.39, 0.29) is 17.8 Å². The third kappa shape index (κ3) is 4.86. The standard InChI is InChI=1S/C13H19ClO3S/c1-10-5-6-11(13(2,3)4)12(9-10)17-7-8-18(14,15)16/h5-6,9H,7-8H2,1-4H3. The fraction of sp³-hybridized carbons (Fsp3) is 0.538. The molecule has 3 nitrogen and oxygen atoms in total. The van der Waals surface area contributed by atoms with E-state index in [1.54, 1.807) is 0 Å². The molecule has 0 radical (unpaired) electrons. The van der Waals surface area contributed by atoms with Crippen LogP contribution in [-0.2, 0) is 14.5 Å². The summed E-state index contributed by atoms with van der Waals surface area (Å²) >= 11 is 0. The van der Waals surface area contributed by atoms with Crippen molar-refractivity contribution < 1.29 is 13.2 Å². The van der Waals surface area contributed by atoms with Crippen LogP contribution in [0.25, 0.3) is 0 Å². The summed E-state index contributed by atoms with van der Waals surface area (Å²) in [7, 11) is 1.65. The zero-order valence-corrected chi connectivity index (χ0v) is 12.7. The van der Waals surface area contributed by atoms with Crippen molar-refractivity contribution in [2.45, 2.75) is 33.1 Å². The highest BCUT2D eigenvalue weighted by molar-refractivity contribution is 8.13. The molecule has 0 atom stereocenters. The second kappa shape index (κ2) is 5.49. The number of ether oxygens (including phenoxy) is 1. The zero-order valence-electron chi connectivity index (χ0n) is 11.2. The molecule has 0 N–H and O–H groups in total. The second-order valence-corrected chi connectivity index (χ2v) is 8.24. The van der Waals surface area contributed by atoms with E-state index in [2.05, 4.69) is 20.8 Å². The minimum absolute atomic E-state index is 0.0527. The fourth-order valence-electron chi connectivity index (χ4n) is 1.62. The molecule has 0 saturated heterocycles. The molecular formula is C13H19ClO3S. The Morgan fingerprint density at radius 1 is 1.28 bits per heavy atom. The highest BCUT2D eigenvalue weighted by atomic mass is 35.7. The maximum absolute atomic E-state index is 10.9. The van der Waals surface area contributed by atoms with Crippen LogP contribution in [-0.4, -0.2) is 20.8 Å². The zero-order chi connectivity index (χ0) is 14.0. The molecule has 5 heteroatoms. The molecule has 0 aliphatic carbocycles. The lowest BCUT2D eigenvalue weighted by molar-refractivity contribution is 0.331. The van der Waals surface area contributed by atoms with E-state index >= 15 is 0 Å². The molecule has 0 saturated carbocycles. The first-order valence-electron chi connectivity index (χ1n) is 5.76. The summed E-state index contributed by atoms with van der Waals surface area (Å²) < 4.78 is 27.3. The molecule has 1 rings (SSSR count). The average Bonchev–Trinajstić information content (AvgIpc) is 2.13. The van der Waals surface area contributed by atoms with Gasteiger partial charge in [0.2, 0.25) is 9.05 Å². The molecule has 0 aromatic heterocycles. The lowest BCUT2D eigenvalue weighted by Gasteiger charge is -2.23. The SMILES string of the molecule is Cc1ccc(C(C)(C)C)c(OCCS(=O)(=O)Cl)c1. The summed E-state index contributed by atoms with van der Waals surface area (Å²) in [4.78, 5) is 0. The number of rotatable bonds is 4. The minimum Gasteiger partial charge on any atom is -0.492 e. The second-order valence-electron chi connectivity index (χ2n) is 5.34. The quantitative estimate of drug-likeness (QED) is 0.800. The van der Waals surface area contributed by atoms with E-state index in [1.165, 1.54) is 0 Å². The maximum Gasteiger partial charge on any atom is 0.235 e. The Bertz CT molecular complexity index is 516. The van der Waals surface area contributed by atoms with E-state index in [9.17, 15) is 8.42 Å². The summed E-state index contributed by atoms with van der Waals surface area (Å²) in [5.74, 6) is 0.536. The first kappa shape index (κ1) is 15.3. The number of halogens is 1. The van der Waals surface area contributed by atoms with E-state index in [0.29, 0.717) is 0 Å². The highest BCUT2D eigenvalue weighted by Gasteiger charge is 2.19. The molecule has 1 aromatic rings. The van der Waals surface area contributed by atoms with Gasteiger partial charge in [-0.25, -0.2) is 8.42 Å².